The number of benzene rings is 2. The molecule has 1 heterocycles. The van der Waals surface area contributed by atoms with Gasteiger partial charge in [0.1, 0.15) is 5.82 Å². The Morgan fingerprint density at radius 1 is 0.969 bits per heavy atom. The summed E-state index contributed by atoms with van der Waals surface area (Å²) in [5, 5.41) is 0. The normalized spacial score (nSPS) is 18.1. The summed E-state index contributed by atoms with van der Waals surface area (Å²) in [5.74, 6) is -2.38. The Hall–Kier alpha value is -2.24. The summed E-state index contributed by atoms with van der Waals surface area (Å²) in [6.45, 7) is 7.03. The van der Waals surface area contributed by atoms with Crippen molar-refractivity contribution in [1.82, 2.24) is 0 Å². The SMILES string of the molecule is CC1(C)OB(c2cc(CS(=O)(=O)C(F)(F)F)ccc2C(=O)c2ccc(F)cc2)OC1(C)C. The van der Waals surface area contributed by atoms with Gasteiger partial charge in [-0.1, -0.05) is 18.2 Å². The van der Waals surface area contributed by atoms with Crippen LogP contribution < -0.4 is 5.46 Å². The maximum absolute atomic E-state index is 13.3. The molecule has 0 spiro atoms. The van der Waals surface area contributed by atoms with Gasteiger partial charge in [-0.25, -0.2) is 12.8 Å². The molecule has 0 amide bonds. The van der Waals surface area contributed by atoms with Gasteiger partial charge in [-0.2, -0.15) is 13.2 Å². The van der Waals surface area contributed by atoms with Gasteiger partial charge in [0.2, 0.25) is 0 Å². The molecule has 3 rings (SSSR count). The van der Waals surface area contributed by atoms with Gasteiger partial charge in [0.25, 0.3) is 9.84 Å². The Balaban J connectivity index is 2.09. The van der Waals surface area contributed by atoms with Crippen molar-refractivity contribution in [2.24, 2.45) is 0 Å². The molecule has 1 aliphatic heterocycles. The second kappa shape index (κ2) is 7.96. The van der Waals surface area contributed by atoms with E-state index in [2.05, 4.69) is 0 Å². The molecule has 0 radical (unpaired) electrons. The van der Waals surface area contributed by atoms with E-state index in [0.717, 1.165) is 18.2 Å². The first-order chi connectivity index (χ1) is 14.5. The van der Waals surface area contributed by atoms with E-state index in [1.807, 2.05) is 0 Å². The van der Waals surface area contributed by atoms with Gasteiger partial charge < -0.3 is 9.31 Å². The number of carbonyl (C=O) groups excluding carboxylic acids is 1. The lowest BCUT2D eigenvalue weighted by atomic mass is 9.73. The molecule has 32 heavy (non-hydrogen) atoms. The zero-order chi connectivity index (χ0) is 24.1. The summed E-state index contributed by atoms with van der Waals surface area (Å²) in [4.78, 5) is 13.1. The molecule has 0 aliphatic carbocycles. The first-order valence-corrected chi connectivity index (χ1v) is 11.3. The molecule has 0 atom stereocenters. The van der Waals surface area contributed by atoms with E-state index in [1.165, 1.54) is 24.3 Å². The van der Waals surface area contributed by atoms with E-state index in [1.54, 1.807) is 27.7 Å². The monoisotopic (exact) mass is 472 g/mol. The van der Waals surface area contributed by atoms with Gasteiger partial charge >= 0.3 is 12.6 Å². The molecule has 1 saturated heterocycles. The summed E-state index contributed by atoms with van der Waals surface area (Å²) < 4.78 is 87.0. The number of ketones is 1. The summed E-state index contributed by atoms with van der Waals surface area (Å²) in [7, 11) is -6.57. The molecule has 0 aromatic heterocycles. The molecule has 0 unspecified atom stereocenters. The molecule has 0 saturated carbocycles. The second-order valence-corrected chi connectivity index (χ2v) is 10.5. The van der Waals surface area contributed by atoms with Crippen molar-refractivity contribution in [1.29, 1.82) is 0 Å². The number of halogens is 4. The fourth-order valence-corrected chi connectivity index (χ4v) is 3.91. The summed E-state index contributed by atoms with van der Waals surface area (Å²) in [5.41, 5.74) is -6.96. The van der Waals surface area contributed by atoms with Crippen LogP contribution in [0.15, 0.2) is 42.5 Å². The minimum Gasteiger partial charge on any atom is -0.399 e. The fraction of sp³-hybridized carbons (Fsp3) is 0.381. The van der Waals surface area contributed by atoms with Gasteiger partial charge in [-0.15, -0.1) is 0 Å². The van der Waals surface area contributed by atoms with Crippen LogP contribution >= 0.6 is 0 Å². The van der Waals surface area contributed by atoms with Crippen LogP contribution in [0.5, 0.6) is 0 Å². The summed E-state index contributed by atoms with van der Waals surface area (Å²) in [6, 6.07) is 8.28. The van der Waals surface area contributed by atoms with Crippen LogP contribution in [0.4, 0.5) is 17.6 Å². The van der Waals surface area contributed by atoms with Crippen LogP contribution in [-0.2, 0) is 24.9 Å². The van der Waals surface area contributed by atoms with E-state index in [9.17, 15) is 30.8 Å². The molecule has 5 nitrogen and oxygen atoms in total. The minimum absolute atomic E-state index is 0.0447. The van der Waals surface area contributed by atoms with Crippen molar-refractivity contribution in [2.45, 2.75) is 50.2 Å². The molecular weight excluding hydrogens is 451 g/mol. The van der Waals surface area contributed by atoms with Crippen LogP contribution in [0.3, 0.4) is 0 Å². The van der Waals surface area contributed by atoms with Crippen LogP contribution in [0.2, 0.25) is 0 Å². The Morgan fingerprint density at radius 2 is 1.50 bits per heavy atom. The van der Waals surface area contributed by atoms with Crippen molar-refractivity contribution in [3.05, 3.63) is 65.0 Å². The fourth-order valence-electron chi connectivity index (χ4n) is 3.13. The predicted octanol–water partition coefficient (Wildman–Crippen LogP) is 3.79. The van der Waals surface area contributed by atoms with Gasteiger partial charge in [-0.3, -0.25) is 4.79 Å². The smallest absolute Gasteiger partial charge is 0.399 e. The first kappa shape index (κ1) is 24.4. The average Bonchev–Trinajstić information content (AvgIpc) is 2.88. The van der Waals surface area contributed by atoms with Crippen LogP contribution in [-0.4, -0.2) is 38.0 Å². The molecule has 172 valence electrons. The van der Waals surface area contributed by atoms with Gasteiger partial charge in [0.15, 0.2) is 5.78 Å². The van der Waals surface area contributed by atoms with E-state index < -0.39 is 51.0 Å². The van der Waals surface area contributed by atoms with E-state index in [4.69, 9.17) is 9.31 Å². The van der Waals surface area contributed by atoms with E-state index in [-0.39, 0.29) is 22.2 Å². The molecule has 0 N–H and O–H groups in total. The highest BCUT2D eigenvalue weighted by Crippen LogP contribution is 2.37. The summed E-state index contributed by atoms with van der Waals surface area (Å²) >= 11 is 0. The molecule has 2 aromatic carbocycles. The van der Waals surface area contributed by atoms with Gasteiger partial charge in [0, 0.05) is 11.1 Å². The lowest BCUT2D eigenvalue weighted by Gasteiger charge is -2.32. The van der Waals surface area contributed by atoms with Crippen molar-refractivity contribution in [3.8, 4) is 0 Å². The third kappa shape index (κ3) is 4.60. The topological polar surface area (TPSA) is 69.7 Å². The number of rotatable bonds is 5. The second-order valence-electron chi connectivity index (χ2n) is 8.55. The Labute approximate surface area is 183 Å². The Bertz CT molecular complexity index is 1130. The highest BCUT2D eigenvalue weighted by Gasteiger charge is 2.53. The molecular formula is C21H21BF4O5S. The highest BCUT2D eigenvalue weighted by atomic mass is 32.2. The lowest BCUT2D eigenvalue weighted by Crippen LogP contribution is -2.41. The molecule has 1 aliphatic rings. The first-order valence-electron chi connectivity index (χ1n) is 9.62. The highest BCUT2D eigenvalue weighted by molar-refractivity contribution is 7.91. The summed E-state index contributed by atoms with van der Waals surface area (Å²) in [6.07, 6.45) is 0. The zero-order valence-corrected chi connectivity index (χ0v) is 18.6. The standard InChI is InChI=1S/C21H21BF4O5S/c1-19(2)20(3,4)31-22(30-19)17-11-13(12-32(28,29)21(24,25)26)5-10-16(17)18(27)14-6-8-15(23)9-7-14/h5-11H,12H2,1-4H3. The van der Waals surface area contributed by atoms with Gasteiger partial charge in [-0.05, 0) is 63.0 Å². The third-order valence-electron chi connectivity index (χ3n) is 5.68. The van der Waals surface area contributed by atoms with Crippen molar-refractivity contribution < 1.29 is 40.1 Å². The Kier molecular flexibility index (Phi) is 6.08. The number of carbonyl (C=O) groups is 1. The molecule has 0 bridgehead atoms. The maximum atomic E-state index is 13.3. The Morgan fingerprint density at radius 3 is 2.00 bits per heavy atom. The number of hydrogen-bond donors (Lipinski definition) is 0. The maximum Gasteiger partial charge on any atom is 0.497 e. The molecule has 11 heteroatoms. The van der Waals surface area contributed by atoms with Crippen LogP contribution in [0.1, 0.15) is 49.2 Å². The minimum atomic E-state index is -5.44. The lowest BCUT2D eigenvalue weighted by molar-refractivity contribution is -0.0437. The molecule has 2 aromatic rings. The third-order valence-corrected chi connectivity index (χ3v) is 7.10. The van der Waals surface area contributed by atoms with Gasteiger partial charge in [0.05, 0.1) is 17.0 Å². The number of hydrogen-bond acceptors (Lipinski definition) is 5. The largest absolute Gasteiger partial charge is 0.497 e. The average molecular weight is 472 g/mol. The molecule has 1 fully saturated rings. The quantitative estimate of drug-likeness (QED) is 0.377. The van der Waals surface area contributed by atoms with Crippen molar-refractivity contribution >= 4 is 28.2 Å². The predicted molar refractivity (Wildman–Crippen MR) is 111 cm³/mol. The van der Waals surface area contributed by atoms with E-state index >= 15 is 0 Å². The number of alkyl halides is 3. The zero-order valence-electron chi connectivity index (χ0n) is 17.8. The number of sulfone groups is 1. The van der Waals surface area contributed by atoms with Crippen LogP contribution in [0.25, 0.3) is 0 Å². The van der Waals surface area contributed by atoms with Crippen molar-refractivity contribution in [3.63, 3.8) is 0 Å². The van der Waals surface area contributed by atoms with Crippen LogP contribution in [0, 0.1) is 5.82 Å². The van der Waals surface area contributed by atoms with Crippen molar-refractivity contribution in [2.75, 3.05) is 0 Å². The van der Waals surface area contributed by atoms with E-state index in [0.29, 0.717) is 0 Å².